The van der Waals surface area contributed by atoms with Crippen molar-refractivity contribution in [1.29, 1.82) is 0 Å². The van der Waals surface area contributed by atoms with Gasteiger partial charge in [-0.2, -0.15) is 0 Å². The van der Waals surface area contributed by atoms with Crippen molar-refractivity contribution in [3.8, 4) is 0 Å². The lowest BCUT2D eigenvalue weighted by Crippen LogP contribution is -2.23. The lowest BCUT2D eigenvalue weighted by Gasteiger charge is -2.11. The van der Waals surface area contributed by atoms with Gasteiger partial charge in [-0.15, -0.1) is 0 Å². The number of aromatic nitrogens is 1. The molecule has 0 aliphatic heterocycles. The van der Waals surface area contributed by atoms with Crippen molar-refractivity contribution >= 4 is 22.5 Å². The number of amides is 1. The minimum atomic E-state index is 0.0385. The van der Waals surface area contributed by atoms with Crippen LogP contribution in [0.15, 0.2) is 54.7 Å². The van der Waals surface area contributed by atoms with Crippen LogP contribution in [0.3, 0.4) is 0 Å². The van der Waals surface area contributed by atoms with Crippen LogP contribution in [0.1, 0.15) is 11.1 Å². The van der Waals surface area contributed by atoms with E-state index in [0.29, 0.717) is 0 Å². The van der Waals surface area contributed by atoms with E-state index in [1.54, 1.807) is 0 Å². The molecule has 1 amide bonds. The number of fused-ring (bicyclic) bond motifs is 2. The van der Waals surface area contributed by atoms with E-state index < -0.39 is 0 Å². The number of carbonyl (C=O) groups excluding carboxylic acids is 1. The van der Waals surface area contributed by atoms with E-state index in [-0.39, 0.29) is 11.8 Å². The molecule has 2 aromatic carbocycles. The lowest BCUT2D eigenvalue weighted by atomic mass is 10.1. The fourth-order valence-electron chi connectivity index (χ4n) is 3.17. The molecular weight excluding hydrogens is 260 g/mol. The summed E-state index contributed by atoms with van der Waals surface area (Å²) >= 11 is 0. The molecular formula is C18H16N2O. The van der Waals surface area contributed by atoms with Crippen LogP contribution in [-0.2, 0) is 17.6 Å². The van der Waals surface area contributed by atoms with E-state index in [1.165, 1.54) is 11.1 Å². The van der Waals surface area contributed by atoms with E-state index in [0.717, 1.165) is 29.4 Å². The molecule has 21 heavy (non-hydrogen) atoms. The molecule has 3 nitrogen and oxygen atoms in total. The zero-order valence-electron chi connectivity index (χ0n) is 11.6. The van der Waals surface area contributed by atoms with Crippen LogP contribution >= 0.6 is 0 Å². The van der Waals surface area contributed by atoms with Gasteiger partial charge in [-0.1, -0.05) is 30.3 Å². The molecule has 104 valence electrons. The van der Waals surface area contributed by atoms with Gasteiger partial charge in [0.15, 0.2) is 0 Å². The number of rotatable bonds is 2. The van der Waals surface area contributed by atoms with Crippen LogP contribution in [0, 0.1) is 5.92 Å². The smallest absolute Gasteiger partial charge is 0.228 e. The monoisotopic (exact) mass is 276 g/mol. The summed E-state index contributed by atoms with van der Waals surface area (Å²) in [4.78, 5) is 15.7. The van der Waals surface area contributed by atoms with Crippen molar-refractivity contribution in [1.82, 2.24) is 4.98 Å². The van der Waals surface area contributed by atoms with Crippen molar-refractivity contribution in [3.05, 3.63) is 65.9 Å². The maximum absolute atomic E-state index is 12.5. The second-order valence-corrected chi connectivity index (χ2v) is 5.61. The number of carbonyl (C=O) groups is 1. The van der Waals surface area contributed by atoms with Crippen LogP contribution < -0.4 is 5.32 Å². The second-order valence-electron chi connectivity index (χ2n) is 5.61. The third kappa shape index (κ3) is 2.11. The molecule has 0 bridgehead atoms. The molecule has 2 N–H and O–H groups in total. The van der Waals surface area contributed by atoms with Crippen molar-refractivity contribution in [2.45, 2.75) is 12.8 Å². The highest BCUT2D eigenvalue weighted by molar-refractivity contribution is 6.02. The molecule has 0 saturated carbocycles. The molecule has 4 rings (SSSR count). The first-order chi connectivity index (χ1) is 10.3. The maximum Gasteiger partial charge on any atom is 0.228 e. The Hall–Kier alpha value is -2.55. The number of H-pyrrole nitrogens is 1. The molecule has 1 aliphatic rings. The molecule has 1 heterocycles. The first-order valence-electron chi connectivity index (χ1n) is 7.25. The maximum atomic E-state index is 12.5. The minimum absolute atomic E-state index is 0.0385. The van der Waals surface area contributed by atoms with Gasteiger partial charge in [0, 0.05) is 23.0 Å². The van der Waals surface area contributed by atoms with E-state index in [1.807, 2.05) is 42.6 Å². The number of anilines is 1. The van der Waals surface area contributed by atoms with Gasteiger partial charge in [-0.05, 0) is 42.2 Å². The van der Waals surface area contributed by atoms with E-state index in [2.05, 4.69) is 22.4 Å². The SMILES string of the molecule is O=C(Nc1cccc2[nH]ccc12)C1Cc2ccccc2C1. The standard InChI is InChI=1S/C18H16N2O/c21-18(14-10-12-4-1-2-5-13(12)11-14)20-17-7-3-6-16-15(17)8-9-19-16/h1-9,14,19H,10-11H2,(H,20,21). The zero-order valence-corrected chi connectivity index (χ0v) is 11.6. The summed E-state index contributed by atoms with van der Waals surface area (Å²) in [5.74, 6) is 0.150. The number of hydrogen-bond acceptors (Lipinski definition) is 1. The Morgan fingerprint density at radius 2 is 1.76 bits per heavy atom. The Morgan fingerprint density at radius 1 is 1.00 bits per heavy atom. The molecule has 0 spiro atoms. The van der Waals surface area contributed by atoms with E-state index in [4.69, 9.17) is 0 Å². The molecule has 0 atom stereocenters. The van der Waals surface area contributed by atoms with Gasteiger partial charge in [0.2, 0.25) is 5.91 Å². The third-order valence-electron chi connectivity index (χ3n) is 4.27. The average Bonchev–Trinajstić information content (AvgIpc) is 3.14. The summed E-state index contributed by atoms with van der Waals surface area (Å²) < 4.78 is 0. The van der Waals surface area contributed by atoms with E-state index >= 15 is 0 Å². The first kappa shape index (κ1) is 12.2. The van der Waals surface area contributed by atoms with Crippen molar-refractivity contribution in [3.63, 3.8) is 0 Å². The van der Waals surface area contributed by atoms with E-state index in [9.17, 15) is 4.79 Å². The van der Waals surface area contributed by atoms with Crippen LogP contribution in [0.4, 0.5) is 5.69 Å². The third-order valence-corrected chi connectivity index (χ3v) is 4.27. The number of hydrogen-bond donors (Lipinski definition) is 2. The number of nitrogens with one attached hydrogen (secondary N) is 2. The summed E-state index contributed by atoms with van der Waals surface area (Å²) in [6.07, 6.45) is 3.57. The Kier molecular flexibility index (Phi) is 2.78. The predicted molar refractivity (Wildman–Crippen MR) is 84.3 cm³/mol. The molecule has 0 fully saturated rings. The highest BCUT2D eigenvalue weighted by Gasteiger charge is 2.27. The number of benzene rings is 2. The summed E-state index contributed by atoms with van der Waals surface area (Å²) in [7, 11) is 0. The highest BCUT2D eigenvalue weighted by atomic mass is 16.1. The Morgan fingerprint density at radius 3 is 2.52 bits per heavy atom. The van der Waals surface area contributed by atoms with Gasteiger partial charge in [-0.25, -0.2) is 0 Å². The van der Waals surface area contributed by atoms with Crippen LogP contribution in [0.25, 0.3) is 10.9 Å². The first-order valence-corrected chi connectivity index (χ1v) is 7.25. The highest BCUT2D eigenvalue weighted by Crippen LogP contribution is 2.28. The molecule has 0 saturated heterocycles. The second kappa shape index (κ2) is 4.77. The summed E-state index contributed by atoms with van der Waals surface area (Å²) in [6.45, 7) is 0. The topological polar surface area (TPSA) is 44.9 Å². The molecule has 1 aliphatic carbocycles. The molecule has 1 aromatic heterocycles. The minimum Gasteiger partial charge on any atom is -0.361 e. The van der Waals surface area contributed by atoms with Crippen LogP contribution in [-0.4, -0.2) is 10.9 Å². The number of aromatic amines is 1. The predicted octanol–water partition coefficient (Wildman–Crippen LogP) is 3.52. The Labute approximate surface area is 123 Å². The fourth-order valence-corrected chi connectivity index (χ4v) is 3.17. The van der Waals surface area contributed by atoms with Gasteiger partial charge in [0.25, 0.3) is 0 Å². The van der Waals surface area contributed by atoms with Gasteiger partial charge in [0.05, 0.1) is 5.69 Å². The van der Waals surface area contributed by atoms with Gasteiger partial charge >= 0.3 is 0 Å². The Balaban J connectivity index is 1.56. The zero-order chi connectivity index (χ0) is 14.2. The van der Waals surface area contributed by atoms with Gasteiger partial charge < -0.3 is 10.3 Å². The van der Waals surface area contributed by atoms with Crippen LogP contribution in [0.2, 0.25) is 0 Å². The molecule has 3 aromatic rings. The lowest BCUT2D eigenvalue weighted by molar-refractivity contribution is -0.119. The largest absolute Gasteiger partial charge is 0.361 e. The van der Waals surface area contributed by atoms with Gasteiger partial charge in [-0.3, -0.25) is 4.79 Å². The quantitative estimate of drug-likeness (QED) is 0.739. The van der Waals surface area contributed by atoms with Gasteiger partial charge in [0.1, 0.15) is 0 Å². The summed E-state index contributed by atoms with van der Waals surface area (Å²) in [6, 6.07) is 16.2. The summed E-state index contributed by atoms with van der Waals surface area (Å²) in [5.41, 5.74) is 4.53. The fraction of sp³-hybridized carbons (Fsp3) is 0.167. The van der Waals surface area contributed by atoms with Crippen LogP contribution in [0.5, 0.6) is 0 Å². The normalized spacial score (nSPS) is 14.3. The van der Waals surface area contributed by atoms with Crippen molar-refractivity contribution in [2.24, 2.45) is 5.92 Å². The van der Waals surface area contributed by atoms with Crippen molar-refractivity contribution < 1.29 is 4.79 Å². The molecule has 3 heteroatoms. The Bertz CT molecular complexity index is 794. The molecule has 0 unspecified atom stereocenters. The van der Waals surface area contributed by atoms with Crippen molar-refractivity contribution in [2.75, 3.05) is 5.32 Å². The molecule has 0 radical (unpaired) electrons. The average molecular weight is 276 g/mol. The summed E-state index contributed by atoms with van der Waals surface area (Å²) in [5, 5.41) is 4.15.